The predicted octanol–water partition coefficient (Wildman–Crippen LogP) is 8.85. The predicted molar refractivity (Wildman–Crippen MR) is 163 cm³/mol. The average molecular weight is 562 g/mol. The number of non-ortho nitro benzene ring substituents is 1. The molecule has 0 amide bonds. The Morgan fingerprint density at radius 1 is 0.925 bits per heavy atom. The van der Waals surface area contributed by atoms with Crippen LogP contribution in [-0.4, -0.2) is 29.1 Å². The fourth-order valence-corrected chi connectivity index (χ4v) is 5.98. The first-order valence-corrected chi connectivity index (χ1v) is 15.1. The SMILES string of the molecule is CCCCCCN(CCCCCC)c1ccc(-c2ccc(-c3ccc([N+](=O)[O-])cc3C#N)s2)c(CCC(=O)O)c1. The van der Waals surface area contributed by atoms with Gasteiger partial charge in [-0.25, -0.2) is 0 Å². The van der Waals surface area contributed by atoms with Crippen molar-refractivity contribution in [1.29, 1.82) is 5.26 Å². The van der Waals surface area contributed by atoms with E-state index in [1.807, 2.05) is 12.1 Å². The number of unbranched alkanes of at least 4 members (excludes halogenated alkanes) is 6. The standard InChI is InChI=1S/C32H39N3O4S/c1-3-5-7-9-19-34(20-10-8-6-4-2)26-12-14-28(24(21-26)11-18-32(36)37)30-16-17-31(40-30)29-15-13-27(35(38)39)22-25(29)23-33/h12-17,21-22H,3-11,18-20H2,1-2H3,(H,36,37). The number of thiophene rings is 1. The van der Waals surface area contributed by atoms with Gasteiger partial charge in [-0.15, -0.1) is 11.3 Å². The molecule has 0 aliphatic rings. The van der Waals surface area contributed by atoms with Crippen molar-refractivity contribution >= 4 is 28.7 Å². The topological polar surface area (TPSA) is 107 Å². The molecule has 212 valence electrons. The molecule has 8 heteroatoms. The zero-order valence-electron chi connectivity index (χ0n) is 23.5. The summed E-state index contributed by atoms with van der Waals surface area (Å²) in [5, 5.41) is 30.2. The van der Waals surface area contributed by atoms with E-state index in [2.05, 4.69) is 43.0 Å². The van der Waals surface area contributed by atoms with Gasteiger partial charge < -0.3 is 10.0 Å². The summed E-state index contributed by atoms with van der Waals surface area (Å²) < 4.78 is 0. The van der Waals surface area contributed by atoms with Gasteiger partial charge in [0.15, 0.2) is 0 Å². The highest BCUT2D eigenvalue weighted by Gasteiger charge is 2.17. The molecule has 0 spiro atoms. The second-order valence-electron chi connectivity index (χ2n) is 10.1. The molecule has 0 radical (unpaired) electrons. The van der Waals surface area contributed by atoms with E-state index in [1.54, 1.807) is 6.07 Å². The van der Waals surface area contributed by atoms with E-state index in [0.29, 0.717) is 12.0 Å². The maximum absolute atomic E-state index is 11.5. The lowest BCUT2D eigenvalue weighted by Gasteiger charge is -2.26. The molecule has 7 nitrogen and oxygen atoms in total. The lowest BCUT2D eigenvalue weighted by atomic mass is 9.99. The summed E-state index contributed by atoms with van der Waals surface area (Å²) in [4.78, 5) is 26.4. The molecule has 0 atom stereocenters. The summed E-state index contributed by atoms with van der Waals surface area (Å²) >= 11 is 1.50. The number of hydrogen-bond acceptors (Lipinski definition) is 6. The van der Waals surface area contributed by atoms with E-state index in [4.69, 9.17) is 0 Å². The Hall–Kier alpha value is -3.70. The summed E-state index contributed by atoms with van der Waals surface area (Å²) in [5.41, 5.74) is 3.90. The van der Waals surface area contributed by atoms with E-state index in [1.165, 1.54) is 62.0 Å². The van der Waals surface area contributed by atoms with Crippen molar-refractivity contribution < 1.29 is 14.8 Å². The minimum absolute atomic E-state index is 0.0443. The highest BCUT2D eigenvalue weighted by atomic mass is 32.1. The van der Waals surface area contributed by atoms with Gasteiger partial charge >= 0.3 is 5.97 Å². The molecule has 40 heavy (non-hydrogen) atoms. The number of nitro groups is 1. The Bertz CT molecular complexity index is 1320. The Morgan fingerprint density at radius 3 is 2.12 bits per heavy atom. The zero-order chi connectivity index (χ0) is 28.9. The molecule has 0 fully saturated rings. The second kappa shape index (κ2) is 15.8. The number of carboxylic acid groups (broad SMARTS) is 1. The van der Waals surface area contributed by atoms with Gasteiger partial charge in [-0.3, -0.25) is 14.9 Å². The van der Waals surface area contributed by atoms with Crippen molar-refractivity contribution in [2.24, 2.45) is 0 Å². The van der Waals surface area contributed by atoms with E-state index >= 15 is 0 Å². The second-order valence-corrected chi connectivity index (χ2v) is 11.2. The van der Waals surface area contributed by atoms with Crippen molar-refractivity contribution in [3.63, 3.8) is 0 Å². The van der Waals surface area contributed by atoms with Gasteiger partial charge in [0.2, 0.25) is 0 Å². The van der Waals surface area contributed by atoms with E-state index in [-0.39, 0.29) is 17.7 Å². The zero-order valence-corrected chi connectivity index (χ0v) is 24.3. The van der Waals surface area contributed by atoms with Crippen molar-refractivity contribution in [2.45, 2.75) is 78.1 Å². The lowest BCUT2D eigenvalue weighted by Crippen LogP contribution is -2.26. The number of rotatable bonds is 17. The van der Waals surface area contributed by atoms with Gasteiger partial charge in [-0.05, 0) is 60.7 Å². The van der Waals surface area contributed by atoms with Gasteiger partial charge in [0.25, 0.3) is 5.69 Å². The van der Waals surface area contributed by atoms with Crippen LogP contribution in [0.25, 0.3) is 20.9 Å². The maximum Gasteiger partial charge on any atom is 0.303 e. The van der Waals surface area contributed by atoms with Gasteiger partial charge in [0.05, 0.1) is 10.5 Å². The molecule has 0 bridgehead atoms. The van der Waals surface area contributed by atoms with Gasteiger partial charge in [-0.1, -0.05) is 58.4 Å². The molecule has 0 aliphatic heterocycles. The number of nitriles is 1. The number of nitrogens with zero attached hydrogens (tertiary/aromatic N) is 3. The lowest BCUT2D eigenvalue weighted by molar-refractivity contribution is -0.384. The smallest absolute Gasteiger partial charge is 0.303 e. The van der Waals surface area contributed by atoms with Crippen LogP contribution in [0, 0.1) is 21.4 Å². The highest BCUT2D eigenvalue weighted by molar-refractivity contribution is 7.18. The van der Waals surface area contributed by atoms with Crippen LogP contribution in [0.15, 0.2) is 48.5 Å². The number of benzene rings is 2. The highest BCUT2D eigenvalue weighted by Crippen LogP contribution is 2.39. The third-order valence-corrected chi connectivity index (χ3v) is 8.25. The van der Waals surface area contributed by atoms with Crippen LogP contribution in [0.2, 0.25) is 0 Å². The van der Waals surface area contributed by atoms with Gasteiger partial charge in [-0.2, -0.15) is 5.26 Å². The summed E-state index contributed by atoms with van der Waals surface area (Å²) in [6.07, 6.45) is 10.0. The Kier molecular flexibility index (Phi) is 12.2. The first-order chi connectivity index (χ1) is 19.4. The largest absolute Gasteiger partial charge is 0.481 e. The van der Waals surface area contributed by atoms with E-state index < -0.39 is 10.9 Å². The third kappa shape index (κ3) is 8.65. The molecule has 3 rings (SSSR count). The van der Waals surface area contributed by atoms with Gasteiger partial charge in [0, 0.05) is 52.6 Å². The summed E-state index contributed by atoms with van der Waals surface area (Å²) in [5.74, 6) is -0.830. The minimum atomic E-state index is -0.830. The minimum Gasteiger partial charge on any atom is -0.481 e. The first kappa shape index (κ1) is 30.8. The van der Waals surface area contributed by atoms with Crippen LogP contribution in [0.3, 0.4) is 0 Å². The Balaban J connectivity index is 1.94. The number of hydrogen-bond donors (Lipinski definition) is 1. The van der Waals surface area contributed by atoms with Crippen LogP contribution in [0.5, 0.6) is 0 Å². The molecule has 0 saturated carbocycles. The van der Waals surface area contributed by atoms with Crippen LogP contribution in [-0.2, 0) is 11.2 Å². The normalized spacial score (nSPS) is 10.8. The fourth-order valence-electron chi connectivity index (χ4n) is 4.88. The van der Waals surface area contributed by atoms with Crippen LogP contribution in [0.1, 0.15) is 82.8 Å². The van der Waals surface area contributed by atoms with E-state index in [0.717, 1.165) is 52.5 Å². The summed E-state index contributed by atoms with van der Waals surface area (Å²) in [6.45, 7) is 6.41. The number of nitro benzene ring substituents is 1. The molecule has 3 aromatic rings. The average Bonchev–Trinajstić information content (AvgIpc) is 3.44. The number of carboxylic acids is 1. The molecular weight excluding hydrogens is 522 g/mol. The molecule has 1 heterocycles. The van der Waals surface area contributed by atoms with Crippen molar-refractivity contribution in [1.82, 2.24) is 0 Å². The molecule has 0 saturated heterocycles. The number of aliphatic carboxylic acids is 1. The van der Waals surface area contributed by atoms with Gasteiger partial charge in [0.1, 0.15) is 6.07 Å². The molecule has 1 aromatic heterocycles. The molecular formula is C32H39N3O4S. The fraction of sp³-hybridized carbons (Fsp3) is 0.438. The van der Waals surface area contributed by atoms with Crippen molar-refractivity contribution in [2.75, 3.05) is 18.0 Å². The Labute approximate surface area is 241 Å². The van der Waals surface area contributed by atoms with E-state index in [9.17, 15) is 25.3 Å². The quantitative estimate of drug-likeness (QED) is 0.100. The Morgan fingerprint density at radius 2 is 1.55 bits per heavy atom. The number of aryl methyl sites for hydroxylation is 1. The maximum atomic E-state index is 11.5. The van der Waals surface area contributed by atoms with Crippen LogP contribution in [0.4, 0.5) is 11.4 Å². The van der Waals surface area contributed by atoms with Crippen molar-refractivity contribution in [3.8, 4) is 27.0 Å². The third-order valence-electron chi connectivity index (χ3n) is 7.10. The summed E-state index contributed by atoms with van der Waals surface area (Å²) in [6, 6.07) is 16.7. The molecule has 2 aromatic carbocycles. The number of carbonyl (C=O) groups is 1. The monoisotopic (exact) mass is 561 g/mol. The van der Waals surface area contributed by atoms with Crippen molar-refractivity contribution in [3.05, 3.63) is 69.8 Å². The number of anilines is 1. The molecule has 0 unspecified atom stereocenters. The molecule has 0 aliphatic carbocycles. The molecule has 1 N–H and O–H groups in total. The van der Waals surface area contributed by atoms with Crippen LogP contribution >= 0.6 is 11.3 Å². The van der Waals surface area contributed by atoms with Crippen LogP contribution < -0.4 is 4.90 Å². The summed E-state index contributed by atoms with van der Waals surface area (Å²) in [7, 11) is 0. The first-order valence-electron chi connectivity index (χ1n) is 14.3.